The average Bonchev–Trinajstić information content (AvgIpc) is 2.90. The summed E-state index contributed by atoms with van der Waals surface area (Å²) in [5.41, 5.74) is 0. The van der Waals surface area contributed by atoms with Crippen LogP contribution in [0.4, 0.5) is 0 Å². The summed E-state index contributed by atoms with van der Waals surface area (Å²) in [4.78, 5) is 0. The highest BCUT2D eigenvalue weighted by molar-refractivity contribution is 7.79. The van der Waals surface area contributed by atoms with Crippen molar-refractivity contribution in [2.24, 2.45) is 9.28 Å². The van der Waals surface area contributed by atoms with Gasteiger partial charge in [0.25, 0.3) is 7.29 Å². The van der Waals surface area contributed by atoms with Gasteiger partial charge in [-0.25, -0.2) is 9.28 Å². The van der Waals surface area contributed by atoms with Crippen molar-refractivity contribution in [1.29, 1.82) is 0 Å². The normalized spacial score (nSPS) is 12.4. The molecule has 0 fully saturated rings. The number of nitrogens with zero attached hydrogens (tertiary/aromatic N) is 2. The second kappa shape index (κ2) is 10.8. The molecule has 33 heavy (non-hydrogen) atoms. The Hall–Kier alpha value is -2.89. The zero-order chi connectivity index (χ0) is 23.0. The van der Waals surface area contributed by atoms with E-state index in [1.807, 2.05) is 121 Å². The van der Waals surface area contributed by atoms with Crippen LogP contribution in [0.3, 0.4) is 0 Å². The van der Waals surface area contributed by atoms with Gasteiger partial charge >= 0.3 is 0 Å². The van der Waals surface area contributed by atoms with Gasteiger partial charge in [0.15, 0.2) is 0 Å². The fraction of sp³-hybridized carbons (Fsp3) is 0.0385. The molecular weight excluding hydrogens is 465 g/mol. The Morgan fingerprint density at radius 2 is 0.879 bits per heavy atom. The van der Waals surface area contributed by atoms with Crippen LogP contribution in [0.15, 0.2) is 131 Å². The summed E-state index contributed by atoms with van der Waals surface area (Å²) in [6.07, 6.45) is 2.06. The van der Waals surface area contributed by atoms with Crippen LogP contribution in [0.25, 0.3) is 0 Å². The summed E-state index contributed by atoms with van der Waals surface area (Å²) < 4.78 is 37.0. The molecule has 0 amide bonds. The van der Waals surface area contributed by atoms with Gasteiger partial charge in [-0.2, -0.15) is 0 Å². The molecule has 0 N–H and O–H groups in total. The van der Waals surface area contributed by atoms with E-state index in [1.54, 1.807) is 6.21 Å². The molecule has 0 radical (unpaired) electrons. The van der Waals surface area contributed by atoms with Gasteiger partial charge in [-0.05, 0) is 48.5 Å². The molecule has 0 aliphatic heterocycles. The first kappa shape index (κ1) is 23.3. The molecule has 0 aliphatic rings. The lowest BCUT2D eigenvalue weighted by atomic mass is 10.4. The van der Waals surface area contributed by atoms with Crippen molar-refractivity contribution in [3.8, 4) is 0 Å². The van der Waals surface area contributed by atoms with Crippen molar-refractivity contribution in [3.63, 3.8) is 0 Å². The summed E-state index contributed by atoms with van der Waals surface area (Å²) in [5.74, 6) is 0. The van der Waals surface area contributed by atoms with E-state index in [0.717, 1.165) is 0 Å². The fourth-order valence-corrected chi connectivity index (χ4v) is 8.96. The molecule has 0 heterocycles. The average molecular weight is 488 g/mol. The minimum absolute atomic E-state index is 0.410. The molecular formula is C26H23N2O2P3. The molecule has 0 aliphatic carbocycles. The third-order valence-corrected chi connectivity index (χ3v) is 11.3. The summed E-state index contributed by atoms with van der Waals surface area (Å²) in [7, 11) is -5.71. The molecule has 4 aromatic carbocycles. The van der Waals surface area contributed by atoms with Crippen LogP contribution < -0.4 is 21.2 Å². The van der Waals surface area contributed by atoms with Crippen LogP contribution in [0.2, 0.25) is 0 Å². The third-order valence-electron chi connectivity index (χ3n) is 5.02. The highest BCUT2D eigenvalue weighted by Gasteiger charge is 2.27. The van der Waals surface area contributed by atoms with E-state index < -0.39 is 14.6 Å². The highest BCUT2D eigenvalue weighted by Crippen LogP contribution is 2.48. The number of hydrogen-bond acceptors (Lipinski definition) is 2. The van der Waals surface area contributed by atoms with E-state index in [4.69, 9.17) is 0 Å². The van der Waals surface area contributed by atoms with E-state index in [0.29, 0.717) is 35.8 Å². The standard InChI is InChI=1S/C26H23N2O2P3/c29-32(23-13-5-1-6-14-23,24-15-7-2-8-16-24)27-21-22-31-28-33(30,25-17-9-3-10-18-25)26-19-11-4-12-20-26/h1-21H,22H2. The van der Waals surface area contributed by atoms with Crippen LogP contribution in [-0.2, 0) is 9.13 Å². The lowest BCUT2D eigenvalue weighted by Gasteiger charge is -2.14. The number of hydrogen-bond donors (Lipinski definition) is 0. The van der Waals surface area contributed by atoms with Crippen LogP contribution in [0.1, 0.15) is 0 Å². The van der Waals surface area contributed by atoms with E-state index in [1.165, 1.54) is 0 Å². The quantitative estimate of drug-likeness (QED) is 0.224. The first-order chi connectivity index (χ1) is 16.1. The van der Waals surface area contributed by atoms with Gasteiger partial charge in [-0.1, -0.05) is 72.8 Å². The minimum atomic E-state index is -3.17. The topological polar surface area (TPSA) is 58.9 Å². The lowest BCUT2D eigenvalue weighted by molar-refractivity contribution is 0.587. The molecule has 0 unspecified atom stereocenters. The number of rotatable bonds is 8. The zero-order valence-corrected chi connectivity index (χ0v) is 20.6. The van der Waals surface area contributed by atoms with Gasteiger partial charge < -0.3 is 0 Å². The molecule has 0 spiro atoms. The summed E-state index contributed by atoms with van der Waals surface area (Å²) in [5, 5.41) is 2.75. The Morgan fingerprint density at radius 3 is 1.24 bits per heavy atom. The monoisotopic (exact) mass is 488 g/mol. The molecule has 0 saturated carbocycles. The van der Waals surface area contributed by atoms with Crippen molar-refractivity contribution in [3.05, 3.63) is 121 Å². The summed E-state index contributed by atoms with van der Waals surface area (Å²) in [6.45, 7) is 0. The minimum Gasteiger partial charge on any atom is -0.288 e. The SMILES string of the molecule is O=P(N=CCP=NP(=O)(c1ccccc1)c1ccccc1)(c1ccccc1)c1ccccc1. The predicted molar refractivity (Wildman–Crippen MR) is 142 cm³/mol. The maximum absolute atomic E-state index is 13.9. The smallest absolute Gasteiger partial charge is 0.250 e. The highest BCUT2D eigenvalue weighted by atomic mass is 31.2. The lowest BCUT2D eigenvalue weighted by Crippen LogP contribution is -2.14. The number of benzene rings is 4. The molecule has 0 atom stereocenters. The van der Waals surface area contributed by atoms with Gasteiger partial charge in [0.05, 0.1) is 0 Å². The Bertz CT molecular complexity index is 1140. The second-order valence-electron chi connectivity index (χ2n) is 7.21. The molecule has 4 aromatic rings. The van der Waals surface area contributed by atoms with E-state index >= 15 is 0 Å². The van der Waals surface area contributed by atoms with Crippen LogP contribution in [-0.4, -0.2) is 12.4 Å². The first-order valence-corrected chi connectivity index (χ1v) is 14.8. The molecule has 0 aromatic heterocycles. The summed E-state index contributed by atoms with van der Waals surface area (Å²) in [6, 6.07) is 37.3. The largest absolute Gasteiger partial charge is 0.288 e. The van der Waals surface area contributed by atoms with Crippen molar-refractivity contribution >= 4 is 50.4 Å². The molecule has 4 nitrogen and oxygen atoms in total. The van der Waals surface area contributed by atoms with Crippen LogP contribution >= 0.6 is 23.0 Å². The maximum atomic E-state index is 13.9. The van der Waals surface area contributed by atoms with Crippen molar-refractivity contribution in [1.82, 2.24) is 0 Å². The molecule has 0 saturated heterocycles. The molecule has 164 valence electrons. The van der Waals surface area contributed by atoms with E-state index in [-0.39, 0.29) is 0 Å². The molecule has 4 rings (SSSR count). The molecule has 0 bridgehead atoms. The first-order valence-electron chi connectivity index (χ1n) is 10.5. The summed E-state index contributed by atoms with van der Waals surface area (Å²) >= 11 is 0. The van der Waals surface area contributed by atoms with Gasteiger partial charge in [0.2, 0.25) is 7.29 Å². The zero-order valence-electron chi connectivity index (χ0n) is 17.9. The van der Waals surface area contributed by atoms with Gasteiger partial charge in [0.1, 0.15) is 0 Å². The Balaban J connectivity index is 1.62. The fourth-order valence-electron chi connectivity index (χ4n) is 3.37. The Kier molecular flexibility index (Phi) is 7.63. The van der Waals surface area contributed by atoms with Gasteiger partial charge in [-0.3, -0.25) is 9.13 Å². The Morgan fingerprint density at radius 1 is 0.545 bits per heavy atom. The Labute approximate surface area is 196 Å². The van der Waals surface area contributed by atoms with Crippen molar-refractivity contribution in [2.75, 3.05) is 6.16 Å². The van der Waals surface area contributed by atoms with E-state index in [2.05, 4.69) is 9.28 Å². The second-order valence-corrected chi connectivity index (χ2v) is 13.2. The van der Waals surface area contributed by atoms with Crippen LogP contribution in [0.5, 0.6) is 0 Å². The van der Waals surface area contributed by atoms with Crippen molar-refractivity contribution < 1.29 is 9.13 Å². The maximum Gasteiger partial charge on any atom is 0.250 e. The van der Waals surface area contributed by atoms with E-state index in [9.17, 15) is 9.13 Å². The predicted octanol–water partition coefficient (Wildman–Crippen LogP) is 6.05. The van der Waals surface area contributed by atoms with Crippen LogP contribution in [0, 0.1) is 0 Å². The van der Waals surface area contributed by atoms with Gasteiger partial charge in [0, 0.05) is 42.0 Å². The third kappa shape index (κ3) is 5.37. The van der Waals surface area contributed by atoms with Crippen molar-refractivity contribution in [2.45, 2.75) is 0 Å². The molecule has 7 heteroatoms. The van der Waals surface area contributed by atoms with Gasteiger partial charge in [-0.15, -0.1) is 0 Å².